The molecular weight excluding hydrogens is 148 g/mol. The number of nitrogens with zero attached hydrogens (tertiary/aromatic N) is 1. The van der Waals surface area contributed by atoms with Crippen LogP contribution in [0.1, 0.15) is 38.5 Å². The van der Waals surface area contributed by atoms with Crippen LogP contribution < -0.4 is 10.6 Å². The van der Waals surface area contributed by atoms with Crippen molar-refractivity contribution in [3.63, 3.8) is 0 Å². The number of nitrogens with one attached hydrogen (secondary N) is 1. The number of rotatable bonds is 3. The lowest BCUT2D eigenvalue weighted by atomic mass is 10.2. The van der Waals surface area contributed by atoms with E-state index in [-0.39, 0.29) is 0 Å². The van der Waals surface area contributed by atoms with Crippen LogP contribution >= 0.6 is 0 Å². The van der Waals surface area contributed by atoms with Crippen molar-refractivity contribution in [2.75, 3.05) is 13.1 Å². The summed E-state index contributed by atoms with van der Waals surface area (Å²) < 4.78 is 0. The van der Waals surface area contributed by atoms with Crippen molar-refractivity contribution >= 4 is 0 Å². The monoisotopic (exact) mass is 167 g/mol. The van der Waals surface area contributed by atoms with Crippen LogP contribution in [0.25, 0.3) is 0 Å². The lowest BCUT2D eigenvalue weighted by Gasteiger charge is -2.15. The molecule has 0 spiro atoms. The first-order valence-corrected chi connectivity index (χ1v) is 5.35. The molecule has 2 rings (SSSR count). The van der Waals surface area contributed by atoms with E-state index < -0.39 is 0 Å². The maximum Gasteiger partial charge on any atom is 0.0371 e. The van der Waals surface area contributed by atoms with Crippen LogP contribution in [0, 0.1) is 0 Å². The van der Waals surface area contributed by atoms with Gasteiger partial charge in [0.05, 0.1) is 0 Å². The molecule has 2 fully saturated rings. The highest BCUT2D eigenvalue weighted by Crippen LogP contribution is 2.17. The highest BCUT2D eigenvalue weighted by molar-refractivity contribution is 4.80. The van der Waals surface area contributed by atoms with E-state index in [2.05, 4.69) is 10.6 Å². The Balaban J connectivity index is 1.60. The van der Waals surface area contributed by atoms with Gasteiger partial charge in [-0.15, -0.1) is 0 Å². The maximum atomic E-state index is 4.53. The van der Waals surface area contributed by atoms with Gasteiger partial charge in [0.1, 0.15) is 0 Å². The van der Waals surface area contributed by atoms with E-state index in [9.17, 15) is 0 Å². The van der Waals surface area contributed by atoms with E-state index in [1.165, 1.54) is 38.5 Å². The zero-order chi connectivity index (χ0) is 8.23. The lowest BCUT2D eigenvalue weighted by Crippen LogP contribution is -2.35. The second kappa shape index (κ2) is 4.24. The summed E-state index contributed by atoms with van der Waals surface area (Å²) >= 11 is 0. The highest BCUT2D eigenvalue weighted by Gasteiger charge is 2.19. The quantitative estimate of drug-likeness (QED) is 0.673. The average molecular weight is 167 g/mol. The van der Waals surface area contributed by atoms with Crippen molar-refractivity contribution in [2.24, 2.45) is 0 Å². The van der Waals surface area contributed by atoms with Gasteiger partial charge in [-0.2, -0.15) is 0 Å². The van der Waals surface area contributed by atoms with Gasteiger partial charge in [-0.05, 0) is 25.7 Å². The first-order chi connectivity index (χ1) is 5.95. The van der Waals surface area contributed by atoms with Gasteiger partial charge in [0.2, 0.25) is 0 Å². The molecule has 1 saturated heterocycles. The first-order valence-electron chi connectivity index (χ1n) is 5.35. The lowest BCUT2D eigenvalue weighted by molar-refractivity contribution is 0.462. The van der Waals surface area contributed by atoms with Crippen molar-refractivity contribution in [1.82, 2.24) is 10.6 Å². The summed E-state index contributed by atoms with van der Waals surface area (Å²) in [5.74, 6) is 0. The molecule has 2 heteroatoms. The molecule has 1 heterocycles. The van der Waals surface area contributed by atoms with Crippen LogP contribution in [0.3, 0.4) is 0 Å². The summed E-state index contributed by atoms with van der Waals surface area (Å²) in [6.07, 6.45) is 8.29. The van der Waals surface area contributed by atoms with E-state index >= 15 is 0 Å². The molecular formula is C10H19N2. The Hall–Kier alpha value is -0.0800. The van der Waals surface area contributed by atoms with Gasteiger partial charge >= 0.3 is 0 Å². The summed E-state index contributed by atoms with van der Waals surface area (Å²) in [6.45, 7) is 2.25. The standard InChI is InChI=1S/C10H19N2/c1-2-5-9(4-1)12-8-10-6-3-7-11-10/h9-10,12H,1-8H2. The fraction of sp³-hybridized carbons (Fsp3) is 1.00. The summed E-state index contributed by atoms with van der Waals surface area (Å²) in [5, 5.41) is 8.16. The van der Waals surface area contributed by atoms with Crippen molar-refractivity contribution in [3.8, 4) is 0 Å². The van der Waals surface area contributed by atoms with Crippen LogP contribution in [0.15, 0.2) is 0 Å². The van der Waals surface area contributed by atoms with Crippen LogP contribution in [0.4, 0.5) is 0 Å². The van der Waals surface area contributed by atoms with E-state index in [0.29, 0.717) is 6.04 Å². The fourth-order valence-electron chi connectivity index (χ4n) is 2.29. The Morgan fingerprint density at radius 3 is 2.58 bits per heavy atom. The third kappa shape index (κ3) is 2.20. The Bertz CT molecular complexity index is 108. The molecule has 1 unspecified atom stereocenters. The average Bonchev–Trinajstić information content (AvgIpc) is 2.74. The molecule has 69 valence electrons. The zero-order valence-electron chi connectivity index (χ0n) is 7.76. The predicted octanol–water partition coefficient (Wildman–Crippen LogP) is 1.29. The zero-order valence-corrected chi connectivity index (χ0v) is 7.76. The molecule has 1 aliphatic carbocycles. The van der Waals surface area contributed by atoms with Crippen molar-refractivity contribution in [3.05, 3.63) is 0 Å². The number of hydrogen-bond acceptors (Lipinski definition) is 1. The summed E-state index contributed by atoms with van der Waals surface area (Å²) in [4.78, 5) is 0. The molecule has 0 aromatic carbocycles. The molecule has 1 radical (unpaired) electrons. The Morgan fingerprint density at radius 1 is 1.08 bits per heavy atom. The second-order valence-corrected chi connectivity index (χ2v) is 4.09. The van der Waals surface area contributed by atoms with Crippen LogP contribution in [-0.2, 0) is 0 Å². The topological polar surface area (TPSA) is 26.1 Å². The van der Waals surface area contributed by atoms with Gasteiger partial charge in [0, 0.05) is 25.2 Å². The second-order valence-electron chi connectivity index (χ2n) is 4.09. The summed E-state index contributed by atoms with van der Waals surface area (Å²) in [6, 6.07) is 1.46. The highest BCUT2D eigenvalue weighted by atomic mass is 15.0. The van der Waals surface area contributed by atoms with Crippen LogP contribution in [0.5, 0.6) is 0 Å². The summed E-state index contributed by atoms with van der Waals surface area (Å²) in [7, 11) is 0. The minimum Gasteiger partial charge on any atom is -0.312 e. The minimum atomic E-state index is 0.644. The van der Waals surface area contributed by atoms with E-state index in [1.54, 1.807) is 0 Å². The van der Waals surface area contributed by atoms with E-state index in [4.69, 9.17) is 0 Å². The van der Waals surface area contributed by atoms with Crippen LogP contribution in [-0.4, -0.2) is 25.2 Å². The molecule has 1 N–H and O–H groups in total. The third-order valence-corrected chi connectivity index (χ3v) is 3.08. The van der Waals surface area contributed by atoms with Gasteiger partial charge in [-0.3, -0.25) is 0 Å². The van der Waals surface area contributed by atoms with Crippen molar-refractivity contribution < 1.29 is 0 Å². The molecule has 0 bridgehead atoms. The Labute approximate surface area is 75.1 Å². The molecule has 1 atom stereocenters. The SMILES string of the molecule is C1C[N]C(CNC2CCCC2)C1. The first kappa shape index (κ1) is 8.52. The van der Waals surface area contributed by atoms with Gasteiger partial charge in [-0.1, -0.05) is 12.8 Å². The number of hydrogen-bond donors (Lipinski definition) is 1. The van der Waals surface area contributed by atoms with E-state index in [0.717, 1.165) is 19.1 Å². The molecule has 0 aromatic rings. The molecule has 2 aliphatic rings. The normalized spacial score (nSPS) is 31.5. The smallest absolute Gasteiger partial charge is 0.0371 e. The molecule has 2 nitrogen and oxygen atoms in total. The Morgan fingerprint density at radius 2 is 1.92 bits per heavy atom. The largest absolute Gasteiger partial charge is 0.312 e. The molecule has 1 saturated carbocycles. The molecule has 0 amide bonds. The van der Waals surface area contributed by atoms with Gasteiger partial charge in [0.15, 0.2) is 0 Å². The van der Waals surface area contributed by atoms with Crippen LogP contribution in [0.2, 0.25) is 0 Å². The van der Waals surface area contributed by atoms with E-state index in [1.807, 2.05) is 0 Å². The fourth-order valence-corrected chi connectivity index (χ4v) is 2.29. The molecule has 1 aliphatic heterocycles. The predicted molar refractivity (Wildman–Crippen MR) is 50.3 cm³/mol. The van der Waals surface area contributed by atoms with Gasteiger partial charge in [-0.25, -0.2) is 5.32 Å². The van der Waals surface area contributed by atoms with Gasteiger partial charge in [0.25, 0.3) is 0 Å². The van der Waals surface area contributed by atoms with Crippen molar-refractivity contribution in [1.29, 1.82) is 0 Å². The Kier molecular flexibility index (Phi) is 3.01. The third-order valence-electron chi connectivity index (χ3n) is 3.08. The summed E-state index contributed by atoms with van der Waals surface area (Å²) in [5.41, 5.74) is 0. The maximum absolute atomic E-state index is 4.53. The van der Waals surface area contributed by atoms with Gasteiger partial charge < -0.3 is 5.32 Å². The van der Waals surface area contributed by atoms with Crippen molar-refractivity contribution in [2.45, 2.75) is 50.6 Å². The molecule has 12 heavy (non-hydrogen) atoms. The minimum absolute atomic E-state index is 0.644. The molecule has 0 aromatic heterocycles.